The SMILES string of the molecule is COC(=O)NCCc1cncc(-c2cnc(Oc3ccc(OC(C)C)cc3)s2)c1. The molecule has 0 saturated carbocycles. The van der Waals surface area contributed by atoms with Gasteiger partial charge in [-0.15, -0.1) is 0 Å². The number of hydrogen-bond donors (Lipinski definition) is 1. The summed E-state index contributed by atoms with van der Waals surface area (Å²) in [4.78, 5) is 20.7. The molecule has 1 amide bonds. The normalized spacial score (nSPS) is 10.6. The molecule has 29 heavy (non-hydrogen) atoms. The van der Waals surface area contributed by atoms with Crippen LogP contribution in [0.2, 0.25) is 0 Å². The van der Waals surface area contributed by atoms with Crippen molar-refractivity contribution in [2.45, 2.75) is 26.4 Å². The number of pyridine rings is 1. The van der Waals surface area contributed by atoms with E-state index in [4.69, 9.17) is 9.47 Å². The summed E-state index contributed by atoms with van der Waals surface area (Å²) < 4.78 is 16.0. The number of carbonyl (C=O) groups excluding carboxylic acids is 1. The van der Waals surface area contributed by atoms with Crippen LogP contribution < -0.4 is 14.8 Å². The molecule has 0 radical (unpaired) electrons. The summed E-state index contributed by atoms with van der Waals surface area (Å²) in [5, 5.41) is 3.21. The summed E-state index contributed by atoms with van der Waals surface area (Å²) in [5.74, 6) is 1.50. The summed E-state index contributed by atoms with van der Waals surface area (Å²) in [6.45, 7) is 4.45. The van der Waals surface area contributed by atoms with Gasteiger partial charge >= 0.3 is 6.09 Å². The summed E-state index contributed by atoms with van der Waals surface area (Å²) in [7, 11) is 1.34. The number of benzene rings is 1. The quantitative estimate of drug-likeness (QED) is 0.577. The first-order valence-corrected chi connectivity index (χ1v) is 10.0. The molecular formula is C21H23N3O4S. The van der Waals surface area contributed by atoms with Gasteiger partial charge in [-0.2, -0.15) is 0 Å². The van der Waals surface area contributed by atoms with Gasteiger partial charge in [0.05, 0.1) is 18.1 Å². The fraction of sp³-hybridized carbons (Fsp3) is 0.286. The summed E-state index contributed by atoms with van der Waals surface area (Å²) in [5.41, 5.74) is 1.96. The van der Waals surface area contributed by atoms with Crippen molar-refractivity contribution >= 4 is 17.4 Å². The smallest absolute Gasteiger partial charge is 0.406 e. The van der Waals surface area contributed by atoms with Crippen LogP contribution in [0.1, 0.15) is 19.4 Å². The zero-order valence-corrected chi connectivity index (χ0v) is 17.4. The van der Waals surface area contributed by atoms with Gasteiger partial charge in [0.25, 0.3) is 5.19 Å². The van der Waals surface area contributed by atoms with Crippen LogP contribution in [0, 0.1) is 0 Å². The van der Waals surface area contributed by atoms with E-state index in [1.54, 1.807) is 18.6 Å². The lowest BCUT2D eigenvalue weighted by atomic mass is 10.1. The Morgan fingerprint density at radius 1 is 1.14 bits per heavy atom. The van der Waals surface area contributed by atoms with Gasteiger partial charge in [0.2, 0.25) is 0 Å². The van der Waals surface area contributed by atoms with E-state index in [2.05, 4.69) is 20.0 Å². The van der Waals surface area contributed by atoms with Crippen LogP contribution in [0.15, 0.2) is 48.9 Å². The third-order valence-electron chi connectivity index (χ3n) is 3.83. The lowest BCUT2D eigenvalue weighted by Gasteiger charge is -2.09. The Balaban J connectivity index is 1.62. The Kier molecular flexibility index (Phi) is 7.02. The summed E-state index contributed by atoms with van der Waals surface area (Å²) in [6, 6.07) is 9.49. The van der Waals surface area contributed by atoms with E-state index >= 15 is 0 Å². The molecule has 2 aromatic heterocycles. The van der Waals surface area contributed by atoms with Crippen LogP contribution in [0.3, 0.4) is 0 Å². The zero-order valence-electron chi connectivity index (χ0n) is 16.5. The highest BCUT2D eigenvalue weighted by molar-refractivity contribution is 7.16. The van der Waals surface area contributed by atoms with Crippen LogP contribution >= 0.6 is 11.3 Å². The highest BCUT2D eigenvalue weighted by Gasteiger charge is 2.09. The van der Waals surface area contributed by atoms with E-state index in [0.717, 1.165) is 21.8 Å². The minimum atomic E-state index is -0.442. The Morgan fingerprint density at radius 3 is 2.62 bits per heavy atom. The van der Waals surface area contributed by atoms with Gasteiger partial charge in [-0.05, 0) is 56.2 Å². The number of methoxy groups -OCH3 is 1. The van der Waals surface area contributed by atoms with Crippen LogP contribution in [0.5, 0.6) is 16.7 Å². The largest absolute Gasteiger partial charge is 0.491 e. The molecule has 3 rings (SSSR count). The molecule has 0 fully saturated rings. The van der Waals surface area contributed by atoms with Gasteiger partial charge < -0.3 is 19.5 Å². The van der Waals surface area contributed by atoms with Crippen molar-refractivity contribution in [2.24, 2.45) is 0 Å². The first-order chi connectivity index (χ1) is 14.0. The van der Waals surface area contributed by atoms with Crippen LogP contribution in [0.4, 0.5) is 4.79 Å². The molecule has 0 aliphatic carbocycles. The average molecular weight is 413 g/mol. The second kappa shape index (κ2) is 9.88. The topological polar surface area (TPSA) is 82.6 Å². The molecule has 8 heteroatoms. The molecule has 3 aromatic rings. The number of alkyl carbamates (subject to hydrolysis) is 1. The number of rotatable bonds is 8. The first-order valence-electron chi connectivity index (χ1n) is 9.20. The highest BCUT2D eigenvalue weighted by Crippen LogP contribution is 2.33. The van der Waals surface area contributed by atoms with E-state index in [-0.39, 0.29) is 6.10 Å². The monoisotopic (exact) mass is 413 g/mol. The first kappa shape index (κ1) is 20.6. The number of nitrogens with zero attached hydrogens (tertiary/aromatic N) is 2. The van der Waals surface area contributed by atoms with Gasteiger partial charge in [-0.3, -0.25) is 4.98 Å². The van der Waals surface area contributed by atoms with Gasteiger partial charge in [-0.25, -0.2) is 9.78 Å². The van der Waals surface area contributed by atoms with Gasteiger partial charge in [-0.1, -0.05) is 11.3 Å². The van der Waals surface area contributed by atoms with Gasteiger partial charge in [0.15, 0.2) is 0 Å². The molecule has 0 saturated heterocycles. The lowest BCUT2D eigenvalue weighted by molar-refractivity contribution is 0.171. The second-order valence-corrected chi connectivity index (χ2v) is 7.47. The van der Waals surface area contributed by atoms with Gasteiger partial charge in [0.1, 0.15) is 11.5 Å². The van der Waals surface area contributed by atoms with Crippen molar-refractivity contribution in [3.8, 4) is 27.1 Å². The molecule has 2 heterocycles. The maximum Gasteiger partial charge on any atom is 0.406 e. The number of thiazole rings is 1. The van der Waals surface area contributed by atoms with E-state index in [0.29, 0.717) is 23.9 Å². The average Bonchev–Trinajstić information content (AvgIpc) is 3.18. The summed E-state index contributed by atoms with van der Waals surface area (Å²) >= 11 is 1.44. The van der Waals surface area contributed by atoms with E-state index in [1.165, 1.54) is 18.4 Å². The van der Waals surface area contributed by atoms with E-state index in [1.807, 2.05) is 44.2 Å². The third kappa shape index (κ3) is 6.18. The molecule has 152 valence electrons. The highest BCUT2D eigenvalue weighted by atomic mass is 32.1. The standard InChI is InChI=1S/C21H23N3O4S/c1-14(2)27-17-4-6-18(7-5-17)28-21-24-13-19(29-21)16-10-15(11-22-12-16)8-9-23-20(25)26-3/h4-7,10-14H,8-9H2,1-3H3,(H,23,25). The Morgan fingerprint density at radius 2 is 1.90 bits per heavy atom. The molecule has 0 spiro atoms. The van der Waals surface area contributed by atoms with Crippen LogP contribution in [0.25, 0.3) is 10.4 Å². The van der Waals surface area contributed by atoms with Crippen molar-refractivity contribution in [3.63, 3.8) is 0 Å². The third-order valence-corrected chi connectivity index (χ3v) is 4.76. The molecule has 0 aliphatic rings. The Bertz CT molecular complexity index is 941. The molecule has 0 atom stereocenters. The minimum absolute atomic E-state index is 0.129. The molecule has 0 aliphatic heterocycles. The lowest BCUT2D eigenvalue weighted by Crippen LogP contribution is -2.25. The second-order valence-electron chi connectivity index (χ2n) is 6.48. The number of ether oxygens (including phenoxy) is 3. The molecule has 0 bridgehead atoms. The predicted octanol–water partition coefficient (Wildman–Crippen LogP) is 4.68. The maximum absolute atomic E-state index is 11.1. The summed E-state index contributed by atoms with van der Waals surface area (Å²) in [6.07, 6.45) is 5.67. The zero-order chi connectivity index (χ0) is 20.6. The van der Waals surface area contributed by atoms with E-state index < -0.39 is 6.09 Å². The number of aromatic nitrogens is 2. The molecule has 1 aromatic carbocycles. The molecule has 7 nitrogen and oxygen atoms in total. The number of amides is 1. The predicted molar refractivity (Wildman–Crippen MR) is 112 cm³/mol. The van der Waals surface area contributed by atoms with Crippen molar-refractivity contribution in [2.75, 3.05) is 13.7 Å². The molecule has 0 unspecified atom stereocenters. The number of carbonyl (C=O) groups is 1. The van der Waals surface area contributed by atoms with Crippen molar-refractivity contribution < 1.29 is 19.0 Å². The maximum atomic E-state index is 11.1. The van der Waals surface area contributed by atoms with Crippen molar-refractivity contribution in [3.05, 3.63) is 54.5 Å². The fourth-order valence-corrected chi connectivity index (χ4v) is 3.30. The van der Waals surface area contributed by atoms with Crippen molar-refractivity contribution in [1.29, 1.82) is 0 Å². The number of hydrogen-bond acceptors (Lipinski definition) is 7. The molecule has 1 N–H and O–H groups in total. The van der Waals surface area contributed by atoms with E-state index in [9.17, 15) is 4.79 Å². The molecular weight excluding hydrogens is 390 g/mol. The van der Waals surface area contributed by atoms with Gasteiger partial charge in [0, 0.05) is 30.7 Å². The Labute approximate surface area is 173 Å². The van der Waals surface area contributed by atoms with Crippen LogP contribution in [-0.4, -0.2) is 35.8 Å². The minimum Gasteiger partial charge on any atom is -0.491 e. The fourth-order valence-electron chi connectivity index (χ4n) is 2.54. The Hall–Kier alpha value is -3.13. The van der Waals surface area contributed by atoms with Crippen LogP contribution in [-0.2, 0) is 11.2 Å². The van der Waals surface area contributed by atoms with Crippen molar-refractivity contribution in [1.82, 2.24) is 15.3 Å². The number of nitrogens with one attached hydrogen (secondary N) is 1.